The van der Waals surface area contributed by atoms with Crippen LogP contribution in [0.5, 0.6) is 5.75 Å². The first-order valence-corrected chi connectivity index (χ1v) is 12.1. The molecule has 0 amide bonds. The molecule has 1 aromatic carbocycles. The van der Waals surface area contributed by atoms with E-state index in [0.29, 0.717) is 17.5 Å². The number of ketones is 1. The van der Waals surface area contributed by atoms with Crippen molar-refractivity contribution in [2.75, 3.05) is 19.5 Å². The van der Waals surface area contributed by atoms with Gasteiger partial charge in [-0.1, -0.05) is 30.0 Å². The van der Waals surface area contributed by atoms with Crippen molar-refractivity contribution < 1.29 is 14.3 Å². The van der Waals surface area contributed by atoms with Gasteiger partial charge < -0.3 is 14.0 Å². The molecule has 7 nitrogen and oxygen atoms in total. The summed E-state index contributed by atoms with van der Waals surface area (Å²) in [7, 11) is 1.64. The van der Waals surface area contributed by atoms with E-state index in [4.69, 9.17) is 9.47 Å². The molecule has 0 bridgehead atoms. The predicted molar refractivity (Wildman–Crippen MR) is 130 cm³/mol. The van der Waals surface area contributed by atoms with Gasteiger partial charge >= 0.3 is 0 Å². The van der Waals surface area contributed by atoms with Crippen LogP contribution in [0.4, 0.5) is 0 Å². The zero-order chi connectivity index (χ0) is 23.4. The number of hydrogen-bond acceptors (Lipinski definition) is 6. The van der Waals surface area contributed by atoms with Gasteiger partial charge in [0, 0.05) is 36.6 Å². The molecule has 4 rings (SSSR count). The van der Waals surface area contributed by atoms with E-state index in [2.05, 4.69) is 21.3 Å². The number of thioether (sulfide) groups is 1. The lowest BCUT2D eigenvalue weighted by Crippen LogP contribution is -2.17. The van der Waals surface area contributed by atoms with Gasteiger partial charge in [0.1, 0.15) is 5.75 Å². The number of Topliss-reactive ketones (excluding diaryl/α,β-unsaturated/α-hetero) is 1. The number of aromatic nitrogens is 4. The molecule has 1 atom stereocenters. The number of hydrogen-bond donors (Lipinski definition) is 0. The Morgan fingerprint density at radius 2 is 2.12 bits per heavy atom. The van der Waals surface area contributed by atoms with Crippen LogP contribution in [0.3, 0.4) is 0 Å². The number of rotatable bonds is 10. The summed E-state index contributed by atoms with van der Waals surface area (Å²) in [6, 6.07) is 9.69. The van der Waals surface area contributed by atoms with Crippen molar-refractivity contribution >= 4 is 17.5 Å². The molecule has 0 radical (unpaired) electrons. The topological polar surface area (TPSA) is 71.2 Å². The summed E-state index contributed by atoms with van der Waals surface area (Å²) < 4.78 is 15.4. The van der Waals surface area contributed by atoms with Gasteiger partial charge in [-0.15, -0.1) is 16.8 Å². The summed E-state index contributed by atoms with van der Waals surface area (Å²) in [5, 5.41) is 9.44. The van der Waals surface area contributed by atoms with Crippen molar-refractivity contribution in [3.8, 4) is 17.1 Å². The first-order chi connectivity index (χ1) is 16.0. The Morgan fingerprint density at radius 1 is 1.30 bits per heavy atom. The molecule has 1 aliphatic rings. The molecule has 1 fully saturated rings. The van der Waals surface area contributed by atoms with Crippen LogP contribution in [0.25, 0.3) is 11.4 Å². The lowest BCUT2D eigenvalue weighted by Gasteiger charge is -2.14. The van der Waals surface area contributed by atoms with E-state index in [9.17, 15) is 4.79 Å². The van der Waals surface area contributed by atoms with Gasteiger partial charge in [0.2, 0.25) is 0 Å². The highest BCUT2D eigenvalue weighted by Gasteiger charge is 2.22. The molecule has 2 aromatic heterocycles. The molecule has 0 aliphatic carbocycles. The molecule has 8 heteroatoms. The number of nitrogens with zero attached hydrogens (tertiary/aromatic N) is 4. The van der Waals surface area contributed by atoms with Crippen molar-refractivity contribution in [3.63, 3.8) is 0 Å². The summed E-state index contributed by atoms with van der Waals surface area (Å²) >= 11 is 1.39. The molecule has 174 valence electrons. The molecule has 0 N–H and O–H groups in total. The van der Waals surface area contributed by atoms with Gasteiger partial charge in [-0.05, 0) is 44.9 Å². The Balaban J connectivity index is 1.52. The van der Waals surface area contributed by atoms with Crippen molar-refractivity contribution in [2.24, 2.45) is 0 Å². The average Bonchev–Trinajstić information content (AvgIpc) is 3.54. The highest BCUT2D eigenvalue weighted by Crippen LogP contribution is 2.31. The maximum Gasteiger partial charge on any atom is 0.192 e. The molecule has 3 heterocycles. The maximum atomic E-state index is 13.1. The minimum Gasteiger partial charge on any atom is -0.496 e. The van der Waals surface area contributed by atoms with Crippen LogP contribution in [0.2, 0.25) is 0 Å². The Kier molecular flexibility index (Phi) is 7.35. The fraction of sp³-hybridized carbons (Fsp3) is 0.400. The molecular formula is C25H30N4O3S. The third kappa shape index (κ3) is 4.91. The Hall–Kier alpha value is -2.84. The second-order valence-corrected chi connectivity index (χ2v) is 9.09. The van der Waals surface area contributed by atoms with Gasteiger partial charge in [0.15, 0.2) is 16.8 Å². The minimum absolute atomic E-state index is 0.0821. The predicted octanol–water partition coefficient (Wildman–Crippen LogP) is 4.71. The fourth-order valence-electron chi connectivity index (χ4n) is 4.28. The van der Waals surface area contributed by atoms with E-state index in [1.807, 2.05) is 48.7 Å². The molecule has 1 aliphatic heterocycles. The molecule has 33 heavy (non-hydrogen) atoms. The standard InChI is InChI=1S/C25H30N4O3S/c1-5-12-28-24(20-10-6-7-11-23(20)31-4)26-27-25(28)33-16-22(30)21-14-17(2)29(18(21)3)15-19-9-8-13-32-19/h5-7,10-11,14,19H,1,8-9,12-13,15-16H2,2-4H3. The molecule has 1 unspecified atom stereocenters. The van der Waals surface area contributed by atoms with Gasteiger partial charge in [-0.3, -0.25) is 9.36 Å². The molecule has 3 aromatic rings. The first kappa shape index (κ1) is 23.3. The first-order valence-electron chi connectivity index (χ1n) is 11.1. The van der Waals surface area contributed by atoms with Crippen molar-refractivity contribution in [3.05, 3.63) is 59.9 Å². The zero-order valence-corrected chi connectivity index (χ0v) is 20.2. The fourth-order valence-corrected chi connectivity index (χ4v) is 5.11. The molecule has 0 spiro atoms. The number of carbonyl (C=O) groups excluding carboxylic acids is 1. The lowest BCUT2D eigenvalue weighted by molar-refractivity contribution is 0.0957. The highest BCUT2D eigenvalue weighted by molar-refractivity contribution is 7.99. The average molecular weight is 467 g/mol. The van der Waals surface area contributed by atoms with E-state index in [1.165, 1.54) is 11.8 Å². The van der Waals surface area contributed by atoms with Crippen LogP contribution in [0.1, 0.15) is 34.6 Å². The summed E-state index contributed by atoms with van der Waals surface area (Å²) in [6.45, 7) is 10.1. The summed E-state index contributed by atoms with van der Waals surface area (Å²) in [4.78, 5) is 13.1. The van der Waals surface area contributed by atoms with Crippen LogP contribution < -0.4 is 4.74 Å². The van der Waals surface area contributed by atoms with Gasteiger partial charge in [0.25, 0.3) is 0 Å². The van der Waals surface area contributed by atoms with E-state index in [1.54, 1.807) is 13.2 Å². The number of methoxy groups -OCH3 is 1. The Morgan fingerprint density at radius 3 is 2.85 bits per heavy atom. The monoisotopic (exact) mass is 466 g/mol. The number of benzene rings is 1. The van der Waals surface area contributed by atoms with Crippen molar-refractivity contribution in [1.29, 1.82) is 0 Å². The van der Waals surface area contributed by atoms with Gasteiger partial charge in [-0.25, -0.2) is 0 Å². The number of allylic oxidation sites excluding steroid dienone is 1. The van der Waals surface area contributed by atoms with E-state index < -0.39 is 0 Å². The number of para-hydroxylation sites is 1. The Bertz CT molecular complexity index is 1140. The molecular weight excluding hydrogens is 436 g/mol. The van der Waals surface area contributed by atoms with Crippen molar-refractivity contribution in [2.45, 2.75) is 51.0 Å². The lowest BCUT2D eigenvalue weighted by atomic mass is 10.2. The zero-order valence-electron chi connectivity index (χ0n) is 19.4. The number of ether oxygens (including phenoxy) is 2. The van der Waals surface area contributed by atoms with Crippen LogP contribution in [0, 0.1) is 13.8 Å². The van der Waals surface area contributed by atoms with E-state index in [-0.39, 0.29) is 17.6 Å². The highest BCUT2D eigenvalue weighted by atomic mass is 32.2. The smallest absolute Gasteiger partial charge is 0.192 e. The normalized spacial score (nSPS) is 15.7. The number of aryl methyl sites for hydroxylation is 1. The van der Waals surface area contributed by atoms with Crippen molar-refractivity contribution in [1.82, 2.24) is 19.3 Å². The Labute approximate surface area is 198 Å². The second kappa shape index (κ2) is 10.4. The summed E-state index contributed by atoms with van der Waals surface area (Å²) in [5.41, 5.74) is 3.70. The van der Waals surface area contributed by atoms with Gasteiger partial charge in [0.05, 0.1) is 24.5 Å². The maximum absolute atomic E-state index is 13.1. The SMILES string of the molecule is C=CCn1c(SCC(=O)c2cc(C)n(CC3CCCO3)c2C)nnc1-c1ccccc1OC. The van der Waals surface area contributed by atoms with Crippen LogP contribution in [0.15, 0.2) is 48.1 Å². The largest absolute Gasteiger partial charge is 0.496 e. The van der Waals surface area contributed by atoms with Crippen LogP contribution in [-0.2, 0) is 17.8 Å². The quantitative estimate of drug-likeness (QED) is 0.245. The summed E-state index contributed by atoms with van der Waals surface area (Å²) in [5.74, 6) is 1.78. The van der Waals surface area contributed by atoms with Crippen LogP contribution >= 0.6 is 11.8 Å². The third-order valence-corrected chi connectivity index (χ3v) is 6.96. The second-order valence-electron chi connectivity index (χ2n) is 8.15. The number of carbonyl (C=O) groups is 1. The van der Waals surface area contributed by atoms with E-state index >= 15 is 0 Å². The molecule has 0 saturated carbocycles. The molecule has 1 saturated heterocycles. The minimum atomic E-state index is 0.0821. The van der Waals surface area contributed by atoms with Crippen LogP contribution in [-0.4, -0.2) is 50.7 Å². The van der Waals surface area contributed by atoms with Gasteiger partial charge in [-0.2, -0.15) is 0 Å². The van der Waals surface area contributed by atoms with E-state index in [0.717, 1.165) is 54.3 Å². The summed E-state index contributed by atoms with van der Waals surface area (Å²) in [6.07, 6.45) is 4.21. The third-order valence-electron chi connectivity index (χ3n) is 5.99.